The van der Waals surface area contributed by atoms with E-state index >= 15 is 0 Å². The molecule has 4 rings (SSSR count). The average Bonchev–Trinajstić information content (AvgIpc) is 3.19. The normalized spacial score (nSPS) is 15.7. The number of methoxy groups -OCH3 is 1. The van der Waals surface area contributed by atoms with E-state index in [9.17, 15) is 13.2 Å². The number of nitrogens with one attached hydrogen (secondary N) is 1. The first-order valence-electron chi connectivity index (χ1n) is 12.0. The topological polar surface area (TPSA) is 88.6 Å². The maximum atomic E-state index is 13.7. The summed E-state index contributed by atoms with van der Waals surface area (Å²) < 4.78 is 33.8. The lowest BCUT2D eigenvalue weighted by Gasteiger charge is -2.26. The number of hydrogen-bond donors (Lipinski definition) is 1. The summed E-state index contributed by atoms with van der Waals surface area (Å²) >= 11 is 0. The monoisotopic (exact) mass is 507 g/mol. The number of amides is 1. The van der Waals surface area contributed by atoms with Crippen molar-refractivity contribution in [3.8, 4) is 5.88 Å². The minimum atomic E-state index is -4.20. The number of aryl methyl sites for hydroxylation is 3. The van der Waals surface area contributed by atoms with Crippen molar-refractivity contribution >= 4 is 15.9 Å². The molecule has 1 aliphatic rings. The standard InChI is InChI=1S/C28H33N3O4S/c1-17(2)21-9-7-10-22-24(21)16-31(15-23-19(4)13-18(3)14-20(23)5)26(22)27(32)30-36(33,34)25-11-8-12-29-28(25)35-6/h7-14,17,26H,15-16H2,1-6H3,(H,30,32). The van der Waals surface area contributed by atoms with Crippen LogP contribution in [0, 0.1) is 20.8 Å². The van der Waals surface area contributed by atoms with Crippen molar-refractivity contribution in [1.29, 1.82) is 0 Å². The lowest BCUT2D eigenvalue weighted by Crippen LogP contribution is -2.40. The lowest BCUT2D eigenvalue weighted by molar-refractivity contribution is -0.124. The molecule has 0 fully saturated rings. The van der Waals surface area contributed by atoms with Gasteiger partial charge in [-0.2, -0.15) is 0 Å². The summed E-state index contributed by atoms with van der Waals surface area (Å²) in [7, 11) is -2.86. The van der Waals surface area contributed by atoms with Gasteiger partial charge < -0.3 is 4.74 Å². The molecule has 0 saturated heterocycles. The van der Waals surface area contributed by atoms with Gasteiger partial charge in [-0.25, -0.2) is 18.1 Å². The average molecular weight is 508 g/mol. The van der Waals surface area contributed by atoms with Crippen LogP contribution in [0.5, 0.6) is 5.88 Å². The molecule has 8 heteroatoms. The van der Waals surface area contributed by atoms with Gasteiger partial charge in [0, 0.05) is 19.3 Å². The maximum absolute atomic E-state index is 13.7. The van der Waals surface area contributed by atoms with E-state index in [0.29, 0.717) is 13.1 Å². The van der Waals surface area contributed by atoms with Crippen LogP contribution in [-0.4, -0.2) is 31.3 Å². The van der Waals surface area contributed by atoms with Crippen LogP contribution in [0.2, 0.25) is 0 Å². The fourth-order valence-corrected chi connectivity index (χ4v) is 6.30. The van der Waals surface area contributed by atoms with E-state index in [1.807, 2.05) is 12.1 Å². The zero-order chi connectivity index (χ0) is 26.2. The highest BCUT2D eigenvalue weighted by Crippen LogP contribution is 2.40. The largest absolute Gasteiger partial charge is 0.480 e. The van der Waals surface area contributed by atoms with Crippen molar-refractivity contribution in [1.82, 2.24) is 14.6 Å². The summed E-state index contributed by atoms with van der Waals surface area (Å²) in [5.41, 5.74) is 7.74. The van der Waals surface area contributed by atoms with Crippen LogP contribution < -0.4 is 9.46 Å². The number of aromatic nitrogens is 1. The third-order valence-electron chi connectivity index (χ3n) is 6.80. The Morgan fingerprint density at radius 3 is 2.47 bits per heavy atom. The van der Waals surface area contributed by atoms with E-state index in [2.05, 4.69) is 67.4 Å². The number of benzene rings is 2. The van der Waals surface area contributed by atoms with Gasteiger partial charge in [0.25, 0.3) is 15.9 Å². The van der Waals surface area contributed by atoms with Gasteiger partial charge in [-0.05, 0) is 72.2 Å². The van der Waals surface area contributed by atoms with Crippen molar-refractivity contribution < 1.29 is 17.9 Å². The predicted molar refractivity (Wildman–Crippen MR) is 139 cm³/mol. The molecule has 0 radical (unpaired) electrons. The summed E-state index contributed by atoms with van der Waals surface area (Å²) in [6.45, 7) is 11.6. The smallest absolute Gasteiger partial charge is 0.269 e. The van der Waals surface area contributed by atoms with Gasteiger partial charge in [-0.3, -0.25) is 9.69 Å². The summed E-state index contributed by atoms with van der Waals surface area (Å²) in [6.07, 6.45) is 1.44. The number of carbonyl (C=O) groups is 1. The van der Waals surface area contributed by atoms with Crippen molar-refractivity contribution in [2.24, 2.45) is 0 Å². The van der Waals surface area contributed by atoms with E-state index in [1.165, 1.54) is 36.6 Å². The molecule has 0 spiro atoms. The van der Waals surface area contributed by atoms with Crippen molar-refractivity contribution in [3.05, 3.63) is 87.6 Å². The van der Waals surface area contributed by atoms with Crippen LogP contribution in [0.15, 0.2) is 53.6 Å². The number of hydrogen-bond acceptors (Lipinski definition) is 6. The van der Waals surface area contributed by atoms with Crippen molar-refractivity contribution in [2.45, 2.75) is 64.6 Å². The Bertz CT molecular complexity index is 1390. The van der Waals surface area contributed by atoms with Crippen LogP contribution in [0.1, 0.15) is 64.8 Å². The molecular weight excluding hydrogens is 474 g/mol. The molecule has 1 amide bonds. The second-order valence-electron chi connectivity index (χ2n) is 9.74. The molecule has 0 aliphatic carbocycles. The molecule has 1 N–H and O–H groups in total. The molecule has 190 valence electrons. The number of fused-ring (bicyclic) bond motifs is 1. The van der Waals surface area contributed by atoms with Crippen LogP contribution in [0.25, 0.3) is 0 Å². The Kier molecular flexibility index (Phi) is 7.20. The third kappa shape index (κ3) is 4.88. The molecule has 0 saturated carbocycles. The number of sulfonamides is 1. The summed E-state index contributed by atoms with van der Waals surface area (Å²) in [5.74, 6) is -0.382. The predicted octanol–water partition coefficient (Wildman–Crippen LogP) is 4.70. The first-order valence-corrected chi connectivity index (χ1v) is 13.5. The van der Waals surface area contributed by atoms with Gasteiger partial charge in [0.05, 0.1) is 7.11 Å². The molecule has 7 nitrogen and oxygen atoms in total. The fourth-order valence-electron chi connectivity index (χ4n) is 5.19. The summed E-state index contributed by atoms with van der Waals surface area (Å²) in [6, 6.07) is 12.3. The molecule has 1 aliphatic heterocycles. The van der Waals surface area contributed by atoms with E-state index in [1.54, 1.807) is 0 Å². The van der Waals surface area contributed by atoms with Crippen molar-refractivity contribution in [2.75, 3.05) is 7.11 Å². The molecule has 1 aromatic heterocycles. The van der Waals surface area contributed by atoms with E-state index < -0.39 is 22.0 Å². The minimum absolute atomic E-state index is 0.0607. The van der Waals surface area contributed by atoms with Crippen LogP contribution in [0.3, 0.4) is 0 Å². The zero-order valence-corrected chi connectivity index (χ0v) is 22.4. The van der Waals surface area contributed by atoms with Gasteiger partial charge in [-0.1, -0.05) is 49.7 Å². The second kappa shape index (κ2) is 10.0. The summed E-state index contributed by atoms with van der Waals surface area (Å²) in [4.78, 5) is 19.6. The molecule has 36 heavy (non-hydrogen) atoms. The third-order valence-corrected chi connectivity index (χ3v) is 8.16. The van der Waals surface area contributed by atoms with E-state index in [0.717, 1.165) is 27.8 Å². The molecule has 2 heterocycles. The van der Waals surface area contributed by atoms with Gasteiger partial charge in [0.2, 0.25) is 5.88 Å². The number of rotatable bonds is 7. The van der Waals surface area contributed by atoms with Crippen LogP contribution >= 0.6 is 0 Å². The van der Waals surface area contributed by atoms with Gasteiger partial charge in [0.15, 0.2) is 0 Å². The number of ether oxygens (including phenoxy) is 1. The zero-order valence-electron chi connectivity index (χ0n) is 21.6. The molecule has 0 bridgehead atoms. The Morgan fingerprint density at radius 1 is 1.14 bits per heavy atom. The summed E-state index contributed by atoms with van der Waals surface area (Å²) in [5, 5.41) is 0. The maximum Gasteiger partial charge on any atom is 0.269 e. The van der Waals surface area contributed by atoms with Gasteiger partial charge in [0.1, 0.15) is 10.9 Å². The van der Waals surface area contributed by atoms with Crippen LogP contribution in [0.4, 0.5) is 0 Å². The quantitative estimate of drug-likeness (QED) is 0.499. The second-order valence-corrected chi connectivity index (χ2v) is 11.4. The van der Waals surface area contributed by atoms with Gasteiger partial charge in [-0.15, -0.1) is 0 Å². The SMILES string of the molecule is COc1ncccc1S(=O)(=O)NC(=O)C1c2cccc(C(C)C)c2CN1Cc1c(C)cc(C)cc1C. The highest BCUT2D eigenvalue weighted by molar-refractivity contribution is 7.90. The first-order chi connectivity index (χ1) is 17.0. The lowest BCUT2D eigenvalue weighted by atomic mass is 9.93. The Morgan fingerprint density at radius 2 is 1.83 bits per heavy atom. The van der Waals surface area contributed by atoms with Crippen LogP contribution in [-0.2, 0) is 27.9 Å². The molecule has 1 atom stereocenters. The number of pyridine rings is 1. The molecule has 3 aromatic rings. The highest BCUT2D eigenvalue weighted by Gasteiger charge is 2.39. The fraction of sp³-hybridized carbons (Fsp3) is 0.357. The minimum Gasteiger partial charge on any atom is -0.480 e. The first kappa shape index (κ1) is 25.9. The number of carbonyl (C=O) groups excluding carboxylic acids is 1. The molecule has 1 unspecified atom stereocenters. The van der Waals surface area contributed by atoms with Gasteiger partial charge >= 0.3 is 0 Å². The van der Waals surface area contributed by atoms with E-state index in [4.69, 9.17) is 4.74 Å². The Hall–Kier alpha value is -3.23. The molecule has 2 aromatic carbocycles. The Labute approximate surface area is 213 Å². The highest BCUT2D eigenvalue weighted by atomic mass is 32.2. The Balaban J connectivity index is 1.75. The van der Waals surface area contributed by atoms with E-state index in [-0.39, 0.29) is 16.7 Å². The number of nitrogens with zero attached hydrogens (tertiary/aromatic N) is 2. The molecular formula is C28H33N3O4S. The van der Waals surface area contributed by atoms with Crippen molar-refractivity contribution in [3.63, 3.8) is 0 Å².